The first-order chi connectivity index (χ1) is 15.6. The average Bonchev–Trinajstić information content (AvgIpc) is 2.81. The van der Waals surface area contributed by atoms with Gasteiger partial charge in [-0.2, -0.15) is 0 Å². The Morgan fingerprint density at radius 3 is 2.47 bits per heavy atom. The molecule has 0 aliphatic carbocycles. The molecule has 1 heterocycles. The Hall–Kier alpha value is -3.30. The van der Waals surface area contributed by atoms with Crippen molar-refractivity contribution in [3.63, 3.8) is 0 Å². The fourth-order valence-electron chi connectivity index (χ4n) is 2.85. The molecule has 0 spiro atoms. The molecule has 0 amide bonds. The zero-order valence-electron chi connectivity index (χ0n) is 19.6. The molecule has 2 aromatic carbocycles. The number of methoxy groups -OCH3 is 1. The van der Waals surface area contributed by atoms with Gasteiger partial charge >= 0.3 is 0 Å². The fourth-order valence-corrected chi connectivity index (χ4v) is 2.85. The molecule has 0 aliphatic rings. The molecule has 0 fully saturated rings. The summed E-state index contributed by atoms with van der Waals surface area (Å²) in [4.78, 5) is 8.83. The minimum Gasteiger partial charge on any atom is -0.490 e. The first-order valence-corrected chi connectivity index (χ1v) is 11.0. The van der Waals surface area contributed by atoms with Crippen molar-refractivity contribution < 1.29 is 14.2 Å². The van der Waals surface area contributed by atoms with Gasteiger partial charge in [-0.15, -0.1) is 6.42 Å². The van der Waals surface area contributed by atoms with E-state index in [0.29, 0.717) is 43.1 Å². The van der Waals surface area contributed by atoms with Crippen LogP contribution in [0.25, 0.3) is 10.9 Å². The highest BCUT2D eigenvalue weighted by atomic mass is 16.5. The lowest BCUT2D eigenvalue weighted by Crippen LogP contribution is -2.08. The predicted molar refractivity (Wildman–Crippen MR) is 131 cm³/mol. The van der Waals surface area contributed by atoms with E-state index in [-0.39, 0.29) is 0 Å². The summed E-state index contributed by atoms with van der Waals surface area (Å²) in [5.41, 5.74) is 2.40. The molecule has 3 rings (SSSR count). The number of hydrogen-bond donors (Lipinski definition) is 1. The van der Waals surface area contributed by atoms with E-state index in [0.717, 1.165) is 28.6 Å². The standard InChI is InChI=1S/C24H27N3O3.C2H6/c1-5-18-7-6-8-19(13-18)27-24-20-14-22(29-10-9-17(2)3)23(30-12-11-28-4)15-21(20)25-16-26-24;1-2/h1,6-8,13-17H,9-12H2,2-4H3,(H,25,26,27);1-2H3. The van der Waals surface area contributed by atoms with Gasteiger partial charge in [0.25, 0.3) is 0 Å². The van der Waals surface area contributed by atoms with E-state index < -0.39 is 0 Å². The van der Waals surface area contributed by atoms with Gasteiger partial charge in [-0.05, 0) is 36.6 Å². The summed E-state index contributed by atoms with van der Waals surface area (Å²) in [6, 6.07) is 11.4. The van der Waals surface area contributed by atoms with E-state index in [1.807, 2.05) is 50.2 Å². The first kappa shape index (κ1) is 25.0. The van der Waals surface area contributed by atoms with E-state index in [4.69, 9.17) is 20.6 Å². The van der Waals surface area contributed by atoms with Crippen LogP contribution in [-0.4, -0.2) is 36.9 Å². The highest BCUT2D eigenvalue weighted by Crippen LogP contribution is 2.35. The molecule has 3 aromatic rings. The van der Waals surface area contributed by atoms with Gasteiger partial charge in [-0.25, -0.2) is 9.97 Å². The molecular formula is C26H33N3O3. The van der Waals surface area contributed by atoms with Gasteiger partial charge in [0, 0.05) is 29.8 Å². The SMILES string of the molecule is C#Cc1cccc(Nc2ncnc3cc(OCCOC)c(OCCC(C)C)cc23)c1.CC. The van der Waals surface area contributed by atoms with E-state index in [1.54, 1.807) is 7.11 Å². The molecule has 6 nitrogen and oxygen atoms in total. The van der Waals surface area contributed by atoms with Gasteiger partial charge in [0.05, 0.1) is 18.7 Å². The second-order valence-electron chi connectivity index (χ2n) is 7.26. The topological polar surface area (TPSA) is 65.5 Å². The summed E-state index contributed by atoms with van der Waals surface area (Å²) in [5, 5.41) is 4.17. The molecule has 32 heavy (non-hydrogen) atoms. The average molecular weight is 436 g/mol. The van der Waals surface area contributed by atoms with Crippen LogP contribution in [0.3, 0.4) is 0 Å². The van der Waals surface area contributed by atoms with Crippen LogP contribution in [0.15, 0.2) is 42.7 Å². The third-order valence-electron chi connectivity index (χ3n) is 4.49. The quantitative estimate of drug-likeness (QED) is 0.319. The van der Waals surface area contributed by atoms with Crippen molar-refractivity contribution in [1.82, 2.24) is 9.97 Å². The number of nitrogens with zero attached hydrogens (tertiary/aromatic N) is 2. The number of fused-ring (bicyclic) bond motifs is 1. The number of benzene rings is 2. The molecule has 0 radical (unpaired) electrons. The molecule has 0 unspecified atom stereocenters. The third kappa shape index (κ3) is 7.14. The normalized spacial score (nSPS) is 10.3. The number of aromatic nitrogens is 2. The highest BCUT2D eigenvalue weighted by Gasteiger charge is 2.13. The van der Waals surface area contributed by atoms with Crippen LogP contribution in [0, 0.1) is 18.3 Å². The van der Waals surface area contributed by atoms with Crippen LogP contribution in [-0.2, 0) is 4.74 Å². The molecule has 0 bridgehead atoms. The zero-order chi connectivity index (χ0) is 23.3. The first-order valence-electron chi connectivity index (χ1n) is 11.0. The Bertz CT molecular complexity index is 1030. The van der Waals surface area contributed by atoms with Crippen LogP contribution in [0.5, 0.6) is 11.5 Å². The lowest BCUT2D eigenvalue weighted by molar-refractivity contribution is 0.143. The maximum atomic E-state index is 6.05. The van der Waals surface area contributed by atoms with Crippen LogP contribution in [0.1, 0.15) is 39.7 Å². The van der Waals surface area contributed by atoms with E-state index in [1.165, 1.54) is 6.33 Å². The van der Waals surface area contributed by atoms with Crippen LogP contribution >= 0.6 is 0 Å². The Labute approximate surface area is 191 Å². The van der Waals surface area contributed by atoms with Gasteiger partial charge in [-0.1, -0.05) is 39.7 Å². The number of rotatable bonds is 10. The van der Waals surface area contributed by atoms with Gasteiger partial charge < -0.3 is 19.5 Å². The summed E-state index contributed by atoms with van der Waals surface area (Å²) in [6.07, 6.45) is 7.99. The van der Waals surface area contributed by atoms with E-state index in [2.05, 4.69) is 35.1 Å². The molecule has 0 aliphatic heterocycles. The molecule has 0 atom stereocenters. The molecule has 1 N–H and O–H groups in total. The fraction of sp³-hybridized carbons (Fsp3) is 0.385. The number of terminal acetylenes is 1. The smallest absolute Gasteiger partial charge is 0.163 e. The zero-order valence-corrected chi connectivity index (χ0v) is 19.6. The summed E-state index contributed by atoms with van der Waals surface area (Å²) in [7, 11) is 1.64. The Balaban J connectivity index is 0.00000176. The maximum absolute atomic E-state index is 6.05. The lowest BCUT2D eigenvalue weighted by Gasteiger charge is -2.16. The summed E-state index contributed by atoms with van der Waals surface area (Å²) < 4.78 is 17.0. The Morgan fingerprint density at radius 1 is 1.00 bits per heavy atom. The van der Waals surface area contributed by atoms with Gasteiger partial charge in [0.2, 0.25) is 0 Å². The molecule has 6 heteroatoms. The number of anilines is 2. The van der Waals surface area contributed by atoms with Crippen molar-refractivity contribution in [2.45, 2.75) is 34.1 Å². The molecular weight excluding hydrogens is 402 g/mol. The summed E-state index contributed by atoms with van der Waals surface area (Å²) in [6.45, 7) is 9.85. The van der Waals surface area contributed by atoms with Gasteiger partial charge in [0.15, 0.2) is 11.5 Å². The van der Waals surface area contributed by atoms with E-state index >= 15 is 0 Å². The maximum Gasteiger partial charge on any atom is 0.163 e. The van der Waals surface area contributed by atoms with Gasteiger partial charge in [0.1, 0.15) is 18.8 Å². The largest absolute Gasteiger partial charge is 0.490 e. The second-order valence-corrected chi connectivity index (χ2v) is 7.26. The van der Waals surface area contributed by atoms with Crippen LogP contribution in [0.4, 0.5) is 11.5 Å². The summed E-state index contributed by atoms with van der Waals surface area (Å²) >= 11 is 0. The Kier molecular flexibility index (Phi) is 10.3. The number of hydrogen-bond acceptors (Lipinski definition) is 6. The molecule has 170 valence electrons. The molecule has 0 saturated carbocycles. The van der Waals surface area contributed by atoms with Crippen molar-refractivity contribution in [3.8, 4) is 23.8 Å². The number of ether oxygens (including phenoxy) is 3. The highest BCUT2D eigenvalue weighted by molar-refractivity contribution is 5.93. The summed E-state index contributed by atoms with van der Waals surface area (Å²) in [5.74, 6) is 5.17. The van der Waals surface area contributed by atoms with Gasteiger partial charge in [-0.3, -0.25) is 0 Å². The van der Waals surface area contributed by atoms with Crippen LogP contribution in [0.2, 0.25) is 0 Å². The molecule has 0 saturated heterocycles. The predicted octanol–water partition coefficient (Wildman–Crippen LogP) is 5.83. The van der Waals surface area contributed by atoms with Crippen molar-refractivity contribution in [1.29, 1.82) is 0 Å². The van der Waals surface area contributed by atoms with Crippen LogP contribution < -0.4 is 14.8 Å². The Morgan fingerprint density at radius 2 is 1.75 bits per heavy atom. The monoisotopic (exact) mass is 435 g/mol. The third-order valence-corrected chi connectivity index (χ3v) is 4.49. The van der Waals surface area contributed by atoms with Crippen molar-refractivity contribution in [2.75, 3.05) is 32.2 Å². The minimum absolute atomic E-state index is 0.428. The van der Waals surface area contributed by atoms with Crippen molar-refractivity contribution in [3.05, 3.63) is 48.3 Å². The van der Waals surface area contributed by atoms with Crippen molar-refractivity contribution in [2.24, 2.45) is 5.92 Å². The lowest BCUT2D eigenvalue weighted by atomic mass is 10.1. The minimum atomic E-state index is 0.428. The second kappa shape index (κ2) is 13.2. The van der Waals surface area contributed by atoms with E-state index in [9.17, 15) is 0 Å². The molecule has 1 aromatic heterocycles. The number of nitrogens with one attached hydrogen (secondary N) is 1. The van der Waals surface area contributed by atoms with Crippen molar-refractivity contribution >= 4 is 22.4 Å².